The first kappa shape index (κ1) is 16.7. The van der Waals surface area contributed by atoms with Crippen LogP contribution >= 0.6 is 23.1 Å². The number of thioether (sulfide) groups is 1. The second-order valence-electron chi connectivity index (χ2n) is 4.78. The van der Waals surface area contributed by atoms with E-state index in [-0.39, 0.29) is 5.56 Å². The number of anilines is 1. The van der Waals surface area contributed by atoms with Crippen molar-refractivity contribution in [2.75, 3.05) is 5.32 Å². The van der Waals surface area contributed by atoms with Crippen molar-refractivity contribution in [3.05, 3.63) is 59.7 Å². The summed E-state index contributed by atoms with van der Waals surface area (Å²) in [6.07, 6.45) is 4.20. The van der Waals surface area contributed by atoms with Crippen LogP contribution in [-0.2, 0) is 12.2 Å². The van der Waals surface area contributed by atoms with Gasteiger partial charge in [-0.2, -0.15) is 0 Å². The number of oxazole rings is 1. The lowest BCUT2D eigenvalue weighted by atomic mass is 10.2. The molecule has 2 aromatic heterocycles. The summed E-state index contributed by atoms with van der Waals surface area (Å²) < 4.78 is 20.0. The van der Waals surface area contributed by atoms with Gasteiger partial charge in [-0.15, -0.1) is 11.8 Å². The van der Waals surface area contributed by atoms with E-state index in [0.29, 0.717) is 16.8 Å². The number of hydrogen-bond donors (Lipinski definition) is 1. The summed E-state index contributed by atoms with van der Waals surface area (Å²) in [6.45, 7) is 2.01. The van der Waals surface area contributed by atoms with E-state index in [4.69, 9.17) is 4.42 Å². The molecule has 8 heteroatoms. The number of amides is 1. The van der Waals surface area contributed by atoms with Crippen LogP contribution in [-0.4, -0.2) is 15.9 Å². The van der Waals surface area contributed by atoms with Gasteiger partial charge >= 0.3 is 0 Å². The number of thiazole rings is 1. The molecule has 0 saturated heterocycles. The van der Waals surface area contributed by atoms with Crippen molar-refractivity contribution in [1.82, 2.24) is 9.97 Å². The summed E-state index contributed by atoms with van der Waals surface area (Å²) in [5.41, 5.74) is -0.00576. The molecule has 2 heterocycles. The zero-order valence-electron chi connectivity index (χ0n) is 12.8. The molecule has 1 amide bonds. The Balaban J connectivity index is 1.59. The summed E-state index contributed by atoms with van der Waals surface area (Å²) in [4.78, 5) is 20.4. The summed E-state index contributed by atoms with van der Waals surface area (Å²) in [5, 5.41) is 3.03. The van der Waals surface area contributed by atoms with E-state index in [1.54, 1.807) is 18.5 Å². The third-order valence-electron chi connectivity index (χ3n) is 3.11. The molecule has 0 atom stereocenters. The molecule has 0 radical (unpaired) electrons. The van der Waals surface area contributed by atoms with Gasteiger partial charge in [-0.25, -0.2) is 14.4 Å². The molecule has 3 aromatic rings. The molecular formula is C16H14FN3O2S2. The van der Waals surface area contributed by atoms with Gasteiger partial charge in [0.1, 0.15) is 11.6 Å². The fourth-order valence-corrected chi connectivity index (χ4v) is 3.63. The Labute approximate surface area is 146 Å². The Kier molecular flexibility index (Phi) is 5.27. The average Bonchev–Trinajstić information content (AvgIpc) is 3.22. The molecule has 1 N–H and O–H groups in total. The van der Waals surface area contributed by atoms with Gasteiger partial charge in [0.2, 0.25) is 5.89 Å². The number of carbonyl (C=O) groups excluding carboxylic acids is 1. The van der Waals surface area contributed by atoms with Gasteiger partial charge in [0.05, 0.1) is 27.9 Å². The van der Waals surface area contributed by atoms with E-state index in [2.05, 4.69) is 15.3 Å². The topological polar surface area (TPSA) is 68.0 Å². The number of benzene rings is 1. The predicted molar refractivity (Wildman–Crippen MR) is 91.9 cm³/mol. The molecule has 0 spiro atoms. The Bertz CT molecular complexity index is 847. The third-order valence-corrected chi connectivity index (χ3v) is 5.20. The monoisotopic (exact) mass is 363 g/mol. The molecule has 124 valence electrons. The minimum Gasteiger partial charge on any atom is -0.445 e. The number of rotatable bonds is 6. The highest BCUT2D eigenvalue weighted by atomic mass is 32.2. The smallest absolute Gasteiger partial charge is 0.260 e. The van der Waals surface area contributed by atoms with Crippen LogP contribution in [0.3, 0.4) is 0 Å². The van der Waals surface area contributed by atoms with E-state index in [0.717, 1.165) is 16.4 Å². The fraction of sp³-hybridized carbons (Fsp3) is 0.188. The van der Waals surface area contributed by atoms with Crippen molar-refractivity contribution in [3.63, 3.8) is 0 Å². The highest BCUT2D eigenvalue weighted by molar-refractivity contribution is 8.00. The summed E-state index contributed by atoms with van der Waals surface area (Å²) in [6, 6.07) is 5.83. The van der Waals surface area contributed by atoms with E-state index in [9.17, 15) is 9.18 Å². The number of halogens is 1. The summed E-state index contributed by atoms with van der Waals surface area (Å²) >= 11 is 2.84. The standard InChI is InChI=1S/C16H14FN3O2S2/c1-2-10-7-18-13(22-10)9-23-14-8-19-16(24-14)20-15(21)11-5-3-4-6-12(11)17/h3-8H,2,9H2,1H3,(H,19,20,21). The maximum absolute atomic E-state index is 13.6. The van der Waals surface area contributed by atoms with Crippen LogP contribution in [0.25, 0.3) is 0 Å². The zero-order valence-corrected chi connectivity index (χ0v) is 14.4. The van der Waals surface area contributed by atoms with Gasteiger partial charge in [-0.05, 0) is 12.1 Å². The predicted octanol–water partition coefficient (Wildman–Crippen LogP) is 4.38. The van der Waals surface area contributed by atoms with Crippen LogP contribution in [0, 0.1) is 5.82 Å². The minimum atomic E-state index is -0.559. The SMILES string of the molecule is CCc1cnc(CSc2cnc(NC(=O)c3ccccc3F)s2)o1. The lowest BCUT2D eigenvalue weighted by Crippen LogP contribution is -2.13. The zero-order chi connectivity index (χ0) is 16.9. The molecule has 0 aliphatic heterocycles. The lowest BCUT2D eigenvalue weighted by Gasteiger charge is -2.02. The molecule has 3 rings (SSSR count). The van der Waals surface area contributed by atoms with Crippen LogP contribution in [0.2, 0.25) is 0 Å². The number of hydrogen-bond acceptors (Lipinski definition) is 6. The van der Waals surface area contributed by atoms with E-state index < -0.39 is 11.7 Å². The van der Waals surface area contributed by atoms with Gasteiger partial charge in [0.15, 0.2) is 5.13 Å². The van der Waals surface area contributed by atoms with E-state index >= 15 is 0 Å². The molecule has 0 unspecified atom stereocenters. The highest BCUT2D eigenvalue weighted by Crippen LogP contribution is 2.30. The first-order valence-electron chi connectivity index (χ1n) is 7.23. The molecule has 0 fully saturated rings. The normalized spacial score (nSPS) is 10.8. The van der Waals surface area contributed by atoms with Crippen molar-refractivity contribution in [3.8, 4) is 0 Å². The summed E-state index contributed by atoms with van der Waals surface area (Å²) in [7, 11) is 0. The van der Waals surface area contributed by atoms with Gasteiger partial charge < -0.3 is 4.42 Å². The third kappa shape index (κ3) is 4.01. The van der Waals surface area contributed by atoms with Gasteiger partial charge in [0.25, 0.3) is 5.91 Å². The Morgan fingerprint density at radius 2 is 2.17 bits per heavy atom. The molecule has 0 aliphatic carbocycles. The number of aryl methyl sites for hydroxylation is 1. The molecule has 0 aliphatic rings. The van der Waals surface area contributed by atoms with Crippen molar-refractivity contribution in [2.24, 2.45) is 0 Å². The van der Waals surface area contributed by atoms with Gasteiger partial charge in [-0.1, -0.05) is 30.4 Å². The van der Waals surface area contributed by atoms with E-state index in [1.165, 1.54) is 41.3 Å². The molecule has 0 bridgehead atoms. The van der Waals surface area contributed by atoms with Crippen LogP contribution in [0.5, 0.6) is 0 Å². The molecular weight excluding hydrogens is 349 g/mol. The van der Waals surface area contributed by atoms with E-state index in [1.807, 2.05) is 6.92 Å². The first-order valence-corrected chi connectivity index (χ1v) is 9.04. The van der Waals surface area contributed by atoms with Gasteiger partial charge in [0, 0.05) is 6.42 Å². The maximum atomic E-state index is 13.6. The average molecular weight is 363 g/mol. The number of nitrogens with one attached hydrogen (secondary N) is 1. The van der Waals surface area contributed by atoms with Crippen LogP contribution in [0.4, 0.5) is 9.52 Å². The first-order chi connectivity index (χ1) is 11.7. The number of nitrogens with zero attached hydrogens (tertiary/aromatic N) is 2. The van der Waals surface area contributed by atoms with Gasteiger partial charge in [-0.3, -0.25) is 10.1 Å². The largest absolute Gasteiger partial charge is 0.445 e. The summed E-state index contributed by atoms with van der Waals surface area (Å²) in [5.74, 6) is 1.02. The van der Waals surface area contributed by atoms with Crippen LogP contribution < -0.4 is 5.32 Å². The Morgan fingerprint density at radius 3 is 2.92 bits per heavy atom. The van der Waals surface area contributed by atoms with Crippen molar-refractivity contribution in [1.29, 1.82) is 0 Å². The Hall–Kier alpha value is -2.19. The number of carbonyl (C=O) groups is 1. The second kappa shape index (κ2) is 7.59. The van der Waals surface area contributed by atoms with Crippen LogP contribution in [0.15, 0.2) is 45.3 Å². The lowest BCUT2D eigenvalue weighted by molar-refractivity contribution is 0.102. The van der Waals surface area contributed by atoms with Crippen LogP contribution in [0.1, 0.15) is 28.9 Å². The highest BCUT2D eigenvalue weighted by Gasteiger charge is 2.13. The molecule has 24 heavy (non-hydrogen) atoms. The maximum Gasteiger partial charge on any atom is 0.260 e. The fourth-order valence-electron chi connectivity index (χ4n) is 1.90. The van der Waals surface area contributed by atoms with Crippen molar-refractivity contribution in [2.45, 2.75) is 23.3 Å². The number of aromatic nitrogens is 2. The second-order valence-corrected chi connectivity index (χ2v) is 7.09. The Morgan fingerprint density at radius 1 is 1.33 bits per heavy atom. The minimum absolute atomic E-state index is 0.00576. The molecule has 0 saturated carbocycles. The molecule has 5 nitrogen and oxygen atoms in total. The van der Waals surface area contributed by atoms with Crippen molar-refractivity contribution < 1.29 is 13.6 Å². The molecule has 1 aromatic carbocycles. The van der Waals surface area contributed by atoms with Crippen molar-refractivity contribution >= 4 is 34.1 Å². The quantitative estimate of drug-likeness (QED) is 0.658.